The van der Waals surface area contributed by atoms with Crippen LogP contribution < -0.4 is 11.3 Å². The van der Waals surface area contributed by atoms with Crippen LogP contribution in [0.2, 0.25) is 0 Å². The van der Waals surface area contributed by atoms with Gasteiger partial charge in [0.15, 0.2) is 0 Å². The third kappa shape index (κ3) is 3.79. The van der Waals surface area contributed by atoms with Crippen LogP contribution in [0.5, 0.6) is 0 Å². The summed E-state index contributed by atoms with van der Waals surface area (Å²) in [7, 11) is 0. The van der Waals surface area contributed by atoms with E-state index in [9.17, 15) is 9.90 Å². The number of nitrogen functional groups attached to an aromatic ring is 1. The number of carbonyl (C=O) groups excluding carboxylic acids is 1. The highest BCUT2D eigenvalue weighted by atomic mass is 16.3. The SMILES string of the molecule is NNC(=O)c1ccc(CN2CCCCCC2CO)cc1. The number of aliphatic hydroxyl groups is 1. The van der Waals surface area contributed by atoms with Crippen molar-refractivity contribution in [3.05, 3.63) is 35.4 Å². The second-order valence-corrected chi connectivity index (χ2v) is 5.33. The Morgan fingerprint density at radius 1 is 1.30 bits per heavy atom. The zero-order chi connectivity index (χ0) is 14.4. The van der Waals surface area contributed by atoms with Gasteiger partial charge < -0.3 is 5.11 Å². The van der Waals surface area contributed by atoms with Crippen molar-refractivity contribution in [1.82, 2.24) is 10.3 Å². The van der Waals surface area contributed by atoms with E-state index in [2.05, 4.69) is 10.3 Å². The summed E-state index contributed by atoms with van der Waals surface area (Å²) in [6, 6.07) is 7.71. The molecule has 1 fully saturated rings. The quantitative estimate of drug-likeness (QED) is 0.436. The van der Waals surface area contributed by atoms with Crippen molar-refractivity contribution in [2.75, 3.05) is 13.2 Å². The predicted octanol–water partition coefficient (Wildman–Crippen LogP) is 1.03. The molecule has 110 valence electrons. The van der Waals surface area contributed by atoms with Crippen LogP contribution in [-0.2, 0) is 6.54 Å². The average Bonchev–Trinajstić information content (AvgIpc) is 2.72. The average molecular weight is 277 g/mol. The standard InChI is InChI=1S/C15H23N3O2/c16-17-15(20)13-7-5-12(6-8-13)10-18-9-3-1-2-4-14(18)11-19/h5-8,14,19H,1-4,9-11,16H2,(H,17,20). The number of carbonyl (C=O) groups is 1. The minimum Gasteiger partial charge on any atom is -0.395 e. The van der Waals surface area contributed by atoms with Crippen LogP contribution in [0.4, 0.5) is 0 Å². The number of hydrogen-bond acceptors (Lipinski definition) is 4. The van der Waals surface area contributed by atoms with Gasteiger partial charge in [0.1, 0.15) is 0 Å². The Morgan fingerprint density at radius 2 is 2.05 bits per heavy atom. The molecule has 1 atom stereocenters. The third-order valence-electron chi connectivity index (χ3n) is 3.94. The minimum absolute atomic E-state index is 0.216. The van der Waals surface area contributed by atoms with Crippen LogP contribution in [0.25, 0.3) is 0 Å². The molecule has 2 rings (SSSR count). The van der Waals surface area contributed by atoms with Crippen molar-refractivity contribution in [2.45, 2.75) is 38.3 Å². The van der Waals surface area contributed by atoms with Crippen molar-refractivity contribution in [3.63, 3.8) is 0 Å². The van der Waals surface area contributed by atoms with E-state index in [4.69, 9.17) is 5.84 Å². The van der Waals surface area contributed by atoms with E-state index < -0.39 is 0 Å². The van der Waals surface area contributed by atoms with Gasteiger partial charge in [-0.3, -0.25) is 15.1 Å². The van der Waals surface area contributed by atoms with Crippen molar-refractivity contribution < 1.29 is 9.90 Å². The van der Waals surface area contributed by atoms with Crippen LogP contribution >= 0.6 is 0 Å². The molecule has 5 heteroatoms. The number of nitrogens with one attached hydrogen (secondary N) is 1. The number of nitrogens with zero attached hydrogens (tertiary/aromatic N) is 1. The van der Waals surface area contributed by atoms with Crippen LogP contribution in [0.3, 0.4) is 0 Å². The highest BCUT2D eigenvalue weighted by molar-refractivity contribution is 5.93. The van der Waals surface area contributed by atoms with Gasteiger partial charge in [-0.1, -0.05) is 25.0 Å². The fraction of sp³-hybridized carbons (Fsp3) is 0.533. The molecule has 1 amide bonds. The monoisotopic (exact) mass is 277 g/mol. The molecule has 1 aliphatic rings. The summed E-state index contributed by atoms with van der Waals surface area (Å²) in [5.41, 5.74) is 3.84. The summed E-state index contributed by atoms with van der Waals surface area (Å²) < 4.78 is 0. The zero-order valence-electron chi connectivity index (χ0n) is 11.7. The molecule has 1 saturated heterocycles. The lowest BCUT2D eigenvalue weighted by Crippen LogP contribution is -2.36. The largest absolute Gasteiger partial charge is 0.395 e. The number of hydrazine groups is 1. The van der Waals surface area contributed by atoms with E-state index in [-0.39, 0.29) is 18.6 Å². The summed E-state index contributed by atoms with van der Waals surface area (Å²) in [6.45, 7) is 2.06. The highest BCUT2D eigenvalue weighted by Gasteiger charge is 2.20. The molecule has 20 heavy (non-hydrogen) atoms. The van der Waals surface area contributed by atoms with Gasteiger partial charge in [-0.15, -0.1) is 0 Å². The molecule has 0 radical (unpaired) electrons. The lowest BCUT2D eigenvalue weighted by Gasteiger charge is -2.28. The molecule has 1 aromatic carbocycles. The molecule has 0 spiro atoms. The van der Waals surface area contributed by atoms with Gasteiger partial charge in [-0.2, -0.15) is 0 Å². The first-order chi connectivity index (χ1) is 9.74. The van der Waals surface area contributed by atoms with Gasteiger partial charge >= 0.3 is 0 Å². The van der Waals surface area contributed by atoms with Crippen molar-refractivity contribution in [3.8, 4) is 0 Å². The first kappa shape index (κ1) is 15.0. The minimum atomic E-state index is -0.278. The zero-order valence-corrected chi connectivity index (χ0v) is 11.7. The number of aliphatic hydroxyl groups excluding tert-OH is 1. The molecular weight excluding hydrogens is 254 g/mol. The molecule has 1 unspecified atom stereocenters. The Morgan fingerprint density at radius 3 is 2.70 bits per heavy atom. The molecular formula is C15H23N3O2. The van der Waals surface area contributed by atoms with E-state index in [0.717, 1.165) is 25.1 Å². The smallest absolute Gasteiger partial charge is 0.265 e. The van der Waals surface area contributed by atoms with Gasteiger partial charge in [0.2, 0.25) is 0 Å². The topological polar surface area (TPSA) is 78.6 Å². The Kier molecular flexibility index (Phi) is 5.52. The van der Waals surface area contributed by atoms with Crippen LogP contribution in [-0.4, -0.2) is 35.1 Å². The summed E-state index contributed by atoms with van der Waals surface area (Å²) in [6.07, 6.45) is 4.67. The van der Waals surface area contributed by atoms with Crippen LogP contribution in [0.1, 0.15) is 41.6 Å². The molecule has 1 aromatic rings. The molecule has 4 N–H and O–H groups in total. The van der Waals surface area contributed by atoms with Gasteiger partial charge in [0, 0.05) is 18.2 Å². The number of hydrogen-bond donors (Lipinski definition) is 3. The number of amides is 1. The molecule has 1 heterocycles. The second-order valence-electron chi connectivity index (χ2n) is 5.33. The Bertz CT molecular complexity index is 433. The fourth-order valence-electron chi connectivity index (χ4n) is 2.73. The first-order valence-electron chi connectivity index (χ1n) is 7.19. The molecule has 0 saturated carbocycles. The van der Waals surface area contributed by atoms with Gasteiger partial charge in [-0.05, 0) is 37.1 Å². The van der Waals surface area contributed by atoms with E-state index in [1.807, 2.05) is 12.1 Å². The van der Waals surface area contributed by atoms with E-state index in [1.54, 1.807) is 12.1 Å². The maximum Gasteiger partial charge on any atom is 0.265 e. The number of nitrogens with two attached hydrogens (primary N) is 1. The van der Waals surface area contributed by atoms with Crippen molar-refractivity contribution >= 4 is 5.91 Å². The van der Waals surface area contributed by atoms with Gasteiger partial charge in [-0.25, -0.2) is 5.84 Å². The number of rotatable bonds is 4. The molecule has 5 nitrogen and oxygen atoms in total. The van der Waals surface area contributed by atoms with Gasteiger partial charge in [0.05, 0.1) is 6.61 Å². The van der Waals surface area contributed by atoms with Crippen LogP contribution in [0.15, 0.2) is 24.3 Å². The van der Waals surface area contributed by atoms with Crippen molar-refractivity contribution in [2.24, 2.45) is 5.84 Å². The summed E-state index contributed by atoms with van der Waals surface area (Å²) in [4.78, 5) is 13.7. The number of likely N-dealkylation sites (tertiary alicyclic amines) is 1. The Balaban J connectivity index is 2.02. The van der Waals surface area contributed by atoms with Crippen LogP contribution in [0, 0.1) is 0 Å². The highest BCUT2D eigenvalue weighted by Crippen LogP contribution is 2.19. The summed E-state index contributed by atoms with van der Waals surface area (Å²) in [5, 5.41) is 9.50. The lowest BCUT2D eigenvalue weighted by molar-refractivity contribution is 0.0953. The molecule has 0 aliphatic carbocycles. The third-order valence-corrected chi connectivity index (χ3v) is 3.94. The van der Waals surface area contributed by atoms with Gasteiger partial charge in [0.25, 0.3) is 5.91 Å². The van der Waals surface area contributed by atoms with E-state index in [0.29, 0.717) is 5.56 Å². The predicted molar refractivity (Wildman–Crippen MR) is 77.8 cm³/mol. The van der Waals surface area contributed by atoms with E-state index in [1.165, 1.54) is 19.3 Å². The Hall–Kier alpha value is -1.43. The first-order valence-corrected chi connectivity index (χ1v) is 7.19. The van der Waals surface area contributed by atoms with Crippen molar-refractivity contribution in [1.29, 1.82) is 0 Å². The number of benzene rings is 1. The molecule has 0 bridgehead atoms. The lowest BCUT2D eigenvalue weighted by atomic mass is 10.1. The Labute approximate surface area is 119 Å². The normalized spacial score (nSPS) is 20.4. The summed E-state index contributed by atoms with van der Waals surface area (Å²) in [5.74, 6) is 4.83. The maximum absolute atomic E-state index is 11.4. The molecule has 0 aromatic heterocycles. The molecule has 1 aliphatic heterocycles. The fourth-order valence-corrected chi connectivity index (χ4v) is 2.73. The summed E-state index contributed by atoms with van der Waals surface area (Å²) >= 11 is 0. The van der Waals surface area contributed by atoms with E-state index >= 15 is 0 Å². The second kappa shape index (κ2) is 7.38. The maximum atomic E-state index is 11.4.